The molecule has 1 amide bonds. The van der Waals surface area contributed by atoms with Crippen molar-refractivity contribution in [1.29, 1.82) is 0 Å². The third-order valence-corrected chi connectivity index (χ3v) is 3.68. The summed E-state index contributed by atoms with van der Waals surface area (Å²) in [6.07, 6.45) is 3.69. The molecule has 1 atom stereocenters. The summed E-state index contributed by atoms with van der Waals surface area (Å²) in [5.74, 6) is -0.541. The molecule has 3 aromatic rings. The van der Waals surface area contributed by atoms with Crippen LogP contribution in [0.4, 0.5) is 0 Å². The monoisotopic (exact) mass is 316 g/mol. The minimum absolute atomic E-state index is 0.277. The van der Waals surface area contributed by atoms with Crippen molar-refractivity contribution < 1.29 is 10.0 Å². The maximum Gasteiger partial charge on any atom is 0.268 e. The van der Waals surface area contributed by atoms with E-state index in [1.807, 2.05) is 30.3 Å². The molecule has 0 spiro atoms. The molecule has 112 valence electrons. The van der Waals surface area contributed by atoms with E-state index in [1.54, 1.807) is 23.9 Å². The zero-order chi connectivity index (χ0) is 15.5. The Morgan fingerprint density at radius 2 is 2.09 bits per heavy atom. The van der Waals surface area contributed by atoms with Crippen LogP contribution >= 0.6 is 11.6 Å². The van der Waals surface area contributed by atoms with Crippen LogP contribution in [0.1, 0.15) is 11.6 Å². The summed E-state index contributed by atoms with van der Waals surface area (Å²) in [4.78, 5) is 16.0. The lowest BCUT2D eigenvalue weighted by Crippen LogP contribution is -2.32. The van der Waals surface area contributed by atoms with Gasteiger partial charge in [0.1, 0.15) is 11.6 Å². The fourth-order valence-corrected chi connectivity index (χ4v) is 2.51. The van der Waals surface area contributed by atoms with Gasteiger partial charge in [-0.25, -0.2) is 10.5 Å². The highest BCUT2D eigenvalue weighted by atomic mass is 35.5. The molecule has 0 aliphatic carbocycles. The summed E-state index contributed by atoms with van der Waals surface area (Å²) in [5, 5.41) is 14.4. The fourth-order valence-electron chi connectivity index (χ4n) is 2.31. The van der Waals surface area contributed by atoms with E-state index >= 15 is 0 Å². The molecule has 0 saturated heterocycles. The van der Waals surface area contributed by atoms with E-state index in [0.29, 0.717) is 11.9 Å². The average Bonchev–Trinajstić information content (AvgIpc) is 2.98. The van der Waals surface area contributed by atoms with Crippen molar-refractivity contribution in [3.8, 4) is 0 Å². The van der Waals surface area contributed by atoms with Gasteiger partial charge in [0.05, 0.1) is 0 Å². The number of pyridine rings is 1. The molecule has 0 fully saturated rings. The molecule has 7 heteroatoms. The Morgan fingerprint density at radius 3 is 2.77 bits per heavy atom. The number of aromatic nitrogens is 3. The van der Waals surface area contributed by atoms with Gasteiger partial charge in [0.25, 0.3) is 5.91 Å². The predicted octanol–water partition coefficient (Wildman–Crippen LogP) is 2.37. The summed E-state index contributed by atoms with van der Waals surface area (Å²) in [5.41, 5.74) is 3.17. The Hall–Kier alpha value is -2.44. The second-order valence-corrected chi connectivity index (χ2v) is 5.19. The van der Waals surface area contributed by atoms with E-state index in [1.165, 1.54) is 4.68 Å². The van der Waals surface area contributed by atoms with Gasteiger partial charge in [0, 0.05) is 24.2 Å². The second kappa shape index (κ2) is 6.13. The lowest BCUT2D eigenvalue weighted by molar-refractivity contribution is -0.132. The van der Waals surface area contributed by atoms with Crippen molar-refractivity contribution in [2.75, 3.05) is 0 Å². The third-order valence-electron chi connectivity index (χ3n) is 3.40. The molecule has 2 aromatic heterocycles. The van der Waals surface area contributed by atoms with E-state index in [-0.39, 0.29) is 5.15 Å². The zero-order valence-corrected chi connectivity index (χ0v) is 12.2. The van der Waals surface area contributed by atoms with Crippen molar-refractivity contribution in [3.05, 3.63) is 59.5 Å². The van der Waals surface area contributed by atoms with Crippen molar-refractivity contribution in [3.63, 3.8) is 0 Å². The molecular formula is C15H13ClN4O2. The first-order valence-electron chi connectivity index (χ1n) is 6.66. The molecule has 1 unspecified atom stereocenters. The van der Waals surface area contributed by atoms with Gasteiger partial charge in [0.15, 0.2) is 5.15 Å². The molecule has 1 aromatic carbocycles. The Bertz CT molecular complexity index is 804. The highest BCUT2D eigenvalue weighted by molar-refractivity contribution is 6.33. The van der Waals surface area contributed by atoms with Crippen molar-refractivity contribution in [1.82, 2.24) is 20.2 Å². The lowest BCUT2D eigenvalue weighted by Gasteiger charge is -2.15. The fraction of sp³-hybridized carbons (Fsp3) is 0.133. The van der Waals surface area contributed by atoms with Crippen molar-refractivity contribution in [2.24, 2.45) is 0 Å². The molecule has 6 nitrogen and oxygen atoms in total. The number of nitrogens with zero attached hydrogens (tertiary/aromatic N) is 3. The summed E-state index contributed by atoms with van der Waals surface area (Å²) in [6.45, 7) is 0. The van der Waals surface area contributed by atoms with Gasteiger partial charge < -0.3 is 0 Å². The number of halogens is 1. The summed E-state index contributed by atoms with van der Waals surface area (Å²) >= 11 is 6.01. The molecule has 0 aliphatic rings. The highest BCUT2D eigenvalue weighted by Crippen LogP contribution is 2.22. The maximum atomic E-state index is 12.0. The minimum Gasteiger partial charge on any atom is -0.289 e. The van der Waals surface area contributed by atoms with E-state index in [0.717, 1.165) is 10.9 Å². The smallest absolute Gasteiger partial charge is 0.268 e. The van der Waals surface area contributed by atoms with Crippen molar-refractivity contribution in [2.45, 2.75) is 12.5 Å². The number of hydroxylamine groups is 1. The molecular weight excluding hydrogens is 304 g/mol. The van der Waals surface area contributed by atoms with E-state index in [9.17, 15) is 4.79 Å². The Balaban J connectivity index is 2.00. The quantitative estimate of drug-likeness (QED) is 0.440. The number of hydrogen-bond acceptors (Lipinski definition) is 4. The Morgan fingerprint density at radius 1 is 1.32 bits per heavy atom. The maximum absolute atomic E-state index is 12.0. The first kappa shape index (κ1) is 14.5. The highest BCUT2D eigenvalue weighted by Gasteiger charge is 2.22. The zero-order valence-electron chi connectivity index (χ0n) is 11.5. The number of rotatable bonds is 4. The Labute approximate surface area is 131 Å². The molecule has 0 saturated carbocycles. The van der Waals surface area contributed by atoms with Gasteiger partial charge in [-0.1, -0.05) is 41.9 Å². The molecule has 22 heavy (non-hydrogen) atoms. The van der Waals surface area contributed by atoms with Crippen LogP contribution in [0.3, 0.4) is 0 Å². The van der Waals surface area contributed by atoms with Gasteiger partial charge in [-0.05, 0) is 11.6 Å². The topological polar surface area (TPSA) is 80.0 Å². The number of hydrogen-bond donors (Lipinski definition) is 2. The van der Waals surface area contributed by atoms with Crippen LogP contribution < -0.4 is 5.48 Å². The normalized spacial score (nSPS) is 12.3. The van der Waals surface area contributed by atoms with Crippen LogP contribution in [-0.2, 0) is 11.2 Å². The summed E-state index contributed by atoms with van der Waals surface area (Å²) < 4.78 is 1.50. The first-order chi connectivity index (χ1) is 10.7. The van der Waals surface area contributed by atoms with Crippen LogP contribution in [0.15, 0.2) is 48.8 Å². The van der Waals surface area contributed by atoms with E-state index in [4.69, 9.17) is 16.8 Å². The van der Waals surface area contributed by atoms with Gasteiger partial charge in [-0.2, -0.15) is 5.10 Å². The number of fused-ring (bicyclic) bond motifs is 1. The average molecular weight is 317 g/mol. The first-order valence-corrected chi connectivity index (χ1v) is 7.04. The van der Waals surface area contributed by atoms with Crippen LogP contribution in [0, 0.1) is 0 Å². The third kappa shape index (κ3) is 2.79. The van der Waals surface area contributed by atoms with Crippen LogP contribution in [-0.4, -0.2) is 25.9 Å². The number of carbonyl (C=O) groups excluding carboxylic acids is 1. The predicted molar refractivity (Wildman–Crippen MR) is 81.7 cm³/mol. The molecule has 3 rings (SSSR count). The summed E-state index contributed by atoms with van der Waals surface area (Å²) in [6, 6.07) is 10.6. The van der Waals surface area contributed by atoms with Crippen molar-refractivity contribution >= 4 is 28.4 Å². The summed E-state index contributed by atoms with van der Waals surface area (Å²) in [7, 11) is 0. The standard InChI is InChI=1S/C15H13ClN4O2/c16-14-13-11(6-7-17-14)9-20(18-13)12(15(21)19-22)8-10-4-2-1-3-5-10/h1-7,9,12,22H,8H2,(H,19,21). The number of nitrogens with one attached hydrogen (secondary N) is 1. The minimum atomic E-state index is -0.684. The second-order valence-electron chi connectivity index (χ2n) is 4.83. The molecule has 0 bridgehead atoms. The molecule has 2 heterocycles. The van der Waals surface area contributed by atoms with Gasteiger partial charge in [0.2, 0.25) is 0 Å². The Kier molecular flexibility index (Phi) is 4.04. The molecule has 0 aliphatic heterocycles. The molecule has 2 N–H and O–H groups in total. The van der Waals surface area contributed by atoms with Crippen LogP contribution in [0.5, 0.6) is 0 Å². The largest absolute Gasteiger partial charge is 0.289 e. The van der Waals surface area contributed by atoms with E-state index in [2.05, 4.69) is 10.1 Å². The molecule has 0 radical (unpaired) electrons. The lowest BCUT2D eigenvalue weighted by atomic mass is 10.1. The SMILES string of the molecule is O=C(NO)C(Cc1ccccc1)n1cc2ccnc(Cl)c2n1. The van der Waals surface area contributed by atoms with Gasteiger partial charge >= 0.3 is 0 Å². The number of carbonyl (C=O) groups is 1. The number of benzene rings is 1. The van der Waals surface area contributed by atoms with Gasteiger partial charge in [-0.3, -0.25) is 14.7 Å². The van der Waals surface area contributed by atoms with Crippen LogP contribution in [0.2, 0.25) is 5.15 Å². The van der Waals surface area contributed by atoms with E-state index < -0.39 is 11.9 Å². The number of amides is 1. The van der Waals surface area contributed by atoms with Crippen LogP contribution in [0.25, 0.3) is 10.9 Å². The van der Waals surface area contributed by atoms with Gasteiger partial charge in [-0.15, -0.1) is 0 Å².